The number of sulfone groups is 1. The van der Waals surface area contributed by atoms with Crippen LogP contribution in [0.1, 0.15) is 12.0 Å². The molecule has 0 aromatic heterocycles. The van der Waals surface area contributed by atoms with Crippen LogP contribution in [0.15, 0.2) is 53.4 Å². The lowest BCUT2D eigenvalue weighted by Crippen LogP contribution is -2.48. The summed E-state index contributed by atoms with van der Waals surface area (Å²) in [5.41, 5.74) is -1.31. The number of fused-ring (bicyclic) bond motifs is 2. The summed E-state index contributed by atoms with van der Waals surface area (Å²) in [7, 11) is -4.98. The van der Waals surface area contributed by atoms with Crippen LogP contribution in [-0.2, 0) is 25.0 Å². The van der Waals surface area contributed by atoms with Crippen LogP contribution < -0.4 is 15.4 Å². The molecule has 1 spiro atoms. The molecule has 12 heteroatoms. The van der Waals surface area contributed by atoms with Crippen molar-refractivity contribution in [2.45, 2.75) is 22.6 Å². The normalized spacial score (nSPS) is 20.2. The third kappa shape index (κ3) is 3.45. The standard InChI is InChI=1S/C20H17F2N3O6S/c21-18(22)32(29,30)15-8-4-2-6-13(15)23-16(26)11-25-17(27)20(24-19(25)28)9-10-31-14-7-3-1-5-12(14)20/h1-8,18H,9-11H2,(H,23,26)(H,24,28). The number of carbonyl (C=O) groups is 3. The van der Waals surface area contributed by atoms with Crippen LogP contribution in [0.25, 0.3) is 0 Å². The van der Waals surface area contributed by atoms with Gasteiger partial charge >= 0.3 is 11.8 Å². The summed E-state index contributed by atoms with van der Waals surface area (Å²) in [5, 5.41) is 4.83. The molecular weight excluding hydrogens is 448 g/mol. The Morgan fingerprint density at radius 3 is 2.59 bits per heavy atom. The number of nitrogens with zero attached hydrogens (tertiary/aromatic N) is 1. The number of anilines is 1. The van der Waals surface area contributed by atoms with E-state index in [2.05, 4.69) is 10.6 Å². The second-order valence-electron chi connectivity index (χ2n) is 7.17. The zero-order valence-electron chi connectivity index (χ0n) is 16.4. The van der Waals surface area contributed by atoms with Gasteiger partial charge in [0.2, 0.25) is 15.7 Å². The van der Waals surface area contributed by atoms with E-state index in [1.165, 1.54) is 12.1 Å². The maximum absolute atomic E-state index is 13.2. The highest BCUT2D eigenvalue weighted by Crippen LogP contribution is 2.41. The molecule has 0 bridgehead atoms. The van der Waals surface area contributed by atoms with Crippen LogP contribution in [0.2, 0.25) is 0 Å². The lowest BCUT2D eigenvalue weighted by Gasteiger charge is -2.33. The molecule has 32 heavy (non-hydrogen) atoms. The minimum atomic E-state index is -4.98. The molecule has 0 aliphatic carbocycles. The number of hydrogen-bond donors (Lipinski definition) is 2. The fourth-order valence-corrected chi connectivity index (χ4v) is 4.65. The number of halogens is 2. The van der Waals surface area contributed by atoms with Crippen molar-refractivity contribution >= 4 is 33.4 Å². The Morgan fingerprint density at radius 2 is 1.84 bits per heavy atom. The maximum atomic E-state index is 13.2. The molecule has 2 aliphatic rings. The molecule has 2 aromatic rings. The average Bonchev–Trinajstić information content (AvgIpc) is 2.99. The zero-order valence-corrected chi connectivity index (χ0v) is 17.2. The minimum Gasteiger partial charge on any atom is -0.493 e. The molecule has 2 aliphatic heterocycles. The Hall–Kier alpha value is -3.54. The van der Waals surface area contributed by atoms with Gasteiger partial charge in [0.1, 0.15) is 12.3 Å². The average molecular weight is 465 g/mol. The Morgan fingerprint density at radius 1 is 1.16 bits per heavy atom. The van der Waals surface area contributed by atoms with E-state index >= 15 is 0 Å². The summed E-state index contributed by atoms with van der Waals surface area (Å²) >= 11 is 0. The molecule has 0 radical (unpaired) electrons. The monoisotopic (exact) mass is 465 g/mol. The molecule has 168 valence electrons. The largest absolute Gasteiger partial charge is 0.493 e. The second kappa shape index (κ2) is 7.86. The molecule has 1 saturated heterocycles. The van der Waals surface area contributed by atoms with Gasteiger partial charge in [-0.05, 0) is 18.2 Å². The lowest BCUT2D eigenvalue weighted by molar-refractivity contribution is -0.135. The Balaban J connectivity index is 1.57. The number of para-hydroxylation sites is 2. The predicted octanol–water partition coefficient (Wildman–Crippen LogP) is 1.85. The van der Waals surface area contributed by atoms with Crippen molar-refractivity contribution in [2.24, 2.45) is 0 Å². The molecular formula is C20H17F2N3O6S. The van der Waals surface area contributed by atoms with Gasteiger partial charge in [-0.25, -0.2) is 13.2 Å². The Kier molecular flexibility index (Phi) is 5.33. The molecule has 4 rings (SSSR count). The first kappa shape index (κ1) is 21.7. The fourth-order valence-electron chi connectivity index (χ4n) is 3.76. The van der Waals surface area contributed by atoms with E-state index in [1.54, 1.807) is 24.3 Å². The van der Waals surface area contributed by atoms with E-state index in [0.29, 0.717) is 16.2 Å². The van der Waals surface area contributed by atoms with Crippen LogP contribution in [0, 0.1) is 0 Å². The minimum absolute atomic E-state index is 0.155. The fraction of sp³-hybridized carbons (Fsp3) is 0.250. The summed E-state index contributed by atoms with van der Waals surface area (Å²) in [4.78, 5) is 38.2. The van der Waals surface area contributed by atoms with E-state index in [1.807, 2.05) is 0 Å². The van der Waals surface area contributed by atoms with Gasteiger partial charge in [0.15, 0.2) is 5.54 Å². The first-order valence-electron chi connectivity index (χ1n) is 9.44. The maximum Gasteiger partial charge on any atom is 0.341 e. The van der Waals surface area contributed by atoms with Crippen molar-refractivity contribution in [3.8, 4) is 5.75 Å². The predicted molar refractivity (Wildman–Crippen MR) is 107 cm³/mol. The van der Waals surface area contributed by atoms with Gasteiger partial charge in [-0.3, -0.25) is 14.5 Å². The van der Waals surface area contributed by atoms with Crippen molar-refractivity contribution in [3.05, 3.63) is 54.1 Å². The van der Waals surface area contributed by atoms with E-state index in [0.717, 1.165) is 12.1 Å². The molecule has 2 N–H and O–H groups in total. The molecule has 2 heterocycles. The van der Waals surface area contributed by atoms with E-state index in [4.69, 9.17) is 4.74 Å². The summed E-state index contributed by atoms with van der Waals surface area (Å²) in [6.45, 7) is -0.569. The molecule has 2 aromatic carbocycles. The van der Waals surface area contributed by atoms with Gasteiger partial charge in [0.05, 0.1) is 17.2 Å². The van der Waals surface area contributed by atoms with Crippen LogP contribution in [0.3, 0.4) is 0 Å². The van der Waals surface area contributed by atoms with Crippen molar-refractivity contribution < 1.29 is 36.3 Å². The molecule has 1 fully saturated rings. The van der Waals surface area contributed by atoms with Crippen LogP contribution in [-0.4, -0.2) is 50.1 Å². The smallest absolute Gasteiger partial charge is 0.341 e. The first-order valence-corrected chi connectivity index (χ1v) is 11.0. The van der Waals surface area contributed by atoms with Crippen LogP contribution in [0.4, 0.5) is 19.3 Å². The van der Waals surface area contributed by atoms with Gasteiger partial charge in [0, 0.05) is 12.0 Å². The van der Waals surface area contributed by atoms with Gasteiger partial charge in [-0.2, -0.15) is 8.78 Å². The van der Waals surface area contributed by atoms with Gasteiger partial charge < -0.3 is 15.4 Å². The van der Waals surface area contributed by atoms with E-state index in [-0.39, 0.29) is 18.7 Å². The summed E-state index contributed by atoms with van der Waals surface area (Å²) < 4.78 is 55.2. The summed E-state index contributed by atoms with van der Waals surface area (Å²) in [6, 6.07) is 10.5. The van der Waals surface area contributed by atoms with Crippen molar-refractivity contribution in [1.29, 1.82) is 0 Å². The number of rotatable bonds is 5. The van der Waals surface area contributed by atoms with Crippen molar-refractivity contribution in [2.75, 3.05) is 18.5 Å². The molecule has 1 unspecified atom stereocenters. The molecule has 1 atom stereocenters. The summed E-state index contributed by atoms with van der Waals surface area (Å²) in [6.07, 6.45) is 0.155. The SMILES string of the molecule is O=C(CN1C(=O)NC2(CCOc3ccccc32)C1=O)Nc1ccccc1S(=O)(=O)C(F)F. The molecule has 9 nitrogen and oxygen atoms in total. The van der Waals surface area contributed by atoms with Crippen LogP contribution >= 0.6 is 0 Å². The summed E-state index contributed by atoms with van der Waals surface area (Å²) in [5.74, 6) is -4.84. The van der Waals surface area contributed by atoms with E-state index < -0.39 is 50.4 Å². The number of hydrogen-bond acceptors (Lipinski definition) is 6. The second-order valence-corrected chi connectivity index (χ2v) is 9.06. The number of imide groups is 1. The topological polar surface area (TPSA) is 122 Å². The highest BCUT2D eigenvalue weighted by atomic mass is 32.2. The Bertz CT molecular complexity index is 1220. The number of benzene rings is 2. The molecule has 0 saturated carbocycles. The lowest BCUT2D eigenvalue weighted by atomic mass is 9.84. The number of urea groups is 1. The third-order valence-electron chi connectivity index (χ3n) is 5.26. The van der Waals surface area contributed by atoms with Crippen molar-refractivity contribution in [1.82, 2.24) is 10.2 Å². The molecule has 4 amide bonds. The van der Waals surface area contributed by atoms with Gasteiger partial charge in [0.25, 0.3) is 5.91 Å². The van der Waals surface area contributed by atoms with Crippen LogP contribution in [0.5, 0.6) is 5.75 Å². The van der Waals surface area contributed by atoms with Crippen molar-refractivity contribution in [3.63, 3.8) is 0 Å². The van der Waals surface area contributed by atoms with E-state index in [9.17, 15) is 31.6 Å². The Labute approximate surface area is 181 Å². The highest BCUT2D eigenvalue weighted by Gasteiger charge is 2.55. The number of nitrogens with one attached hydrogen (secondary N) is 2. The highest BCUT2D eigenvalue weighted by molar-refractivity contribution is 7.91. The number of alkyl halides is 2. The quantitative estimate of drug-likeness (QED) is 0.650. The number of ether oxygens (including phenoxy) is 1. The van der Waals surface area contributed by atoms with Gasteiger partial charge in [-0.15, -0.1) is 0 Å². The number of amides is 4. The third-order valence-corrected chi connectivity index (χ3v) is 6.70. The zero-order chi connectivity index (χ0) is 23.1. The van der Waals surface area contributed by atoms with Gasteiger partial charge in [-0.1, -0.05) is 30.3 Å². The first-order chi connectivity index (χ1) is 15.2. The number of carbonyl (C=O) groups excluding carboxylic acids is 3.